The molecule has 0 fully saturated rings. The van der Waals surface area contributed by atoms with Crippen molar-refractivity contribution in [2.24, 2.45) is 0 Å². The molecule has 0 saturated heterocycles. The van der Waals surface area contributed by atoms with E-state index in [1.165, 1.54) is 0 Å². The maximum absolute atomic E-state index is 0. The Balaban J connectivity index is 0. The number of rotatable bonds is 0. The van der Waals surface area contributed by atoms with Gasteiger partial charge in [0.25, 0.3) is 0 Å². The Morgan fingerprint density at radius 1 is 0.600 bits per heavy atom. The topological polar surface area (TPSA) is 85.5 Å². The van der Waals surface area contributed by atoms with Crippen LogP contribution in [0.25, 0.3) is 0 Å². The number of hydrogen-bond acceptors (Lipinski definition) is 0. The normalized spacial score (nSPS) is 0. The minimum atomic E-state index is 0. The molecule has 0 unspecified atom stereocenters. The molecule has 0 aromatic heterocycles. The Kier molecular flexibility index (Phi) is 658. The van der Waals surface area contributed by atoms with E-state index in [1.54, 1.807) is 0 Å². The second kappa shape index (κ2) is 43.6. The fraction of sp³-hybridized carbons (Fsp3) is 0. The molecule has 0 saturated carbocycles. The van der Waals surface area contributed by atoms with Crippen LogP contribution in [-0.2, 0) is 35.9 Å². The monoisotopic (exact) mass is 289 g/mol. The molecular weight excluding hydrogens is 288 g/mol. The number of hydrogen-bond donors (Lipinski definition) is 0. The van der Waals surface area contributed by atoms with Crippen LogP contribution in [0.3, 0.4) is 0 Å². The van der Waals surface area contributed by atoms with Gasteiger partial charge in [-0.1, -0.05) is 0 Å². The first-order valence-electron chi connectivity index (χ1n) is 0. The van der Waals surface area contributed by atoms with Crippen molar-refractivity contribution in [1.29, 1.82) is 0 Å². The fourth-order valence-electron chi connectivity index (χ4n) is 0. The van der Waals surface area contributed by atoms with E-state index in [0.717, 1.165) is 0 Å². The van der Waals surface area contributed by atoms with Crippen LogP contribution >= 0.6 is 0 Å². The van der Waals surface area contributed by atoms with Crippen LogP contribution in [0.5, 0.6) is 0 Å². The zero-order chi connectivity index (χ0) is 0. The first-order valence-corrected chi connectivity index (χ1v) is 0. The van der Waals surface area contributed by atoms with E-state index in [9.17, 15) is 0 Å². The molecule has 0 rings (SSSR count). The van der Waals surface area contributed by atoms with Gasteiger partial charge in [-0.25, -0.2) is 0 Å². The molecule has 0 atom stereocenters. The van der Waals surface area contributed by atoms with E-state index in [4.69, 9.17) is 0 Å². The van der Waals surface area contributed by atoms with Gasteiger partial charge in [-0.05, 0) is 0 Å². The Morgan fingerprint density at radius 2 is 0.600 bits per heavy atom. The molecular formula is LaO3Ru. The molecule has 1 radical (unpaired) electrons. The summed E-state index contributed by atoms with van der Waals surface area (Å²) in [4.78, 5) is 0. The minimum Gasteiger partial charge on any atom is -2.00 e. The summed E-state index contributed by atoms with van der Waals surface area (Å²) < 4.78 is 0. The maximum atomic E-state index is 0. The van der Waals surface area contributed by atoms with Crippen molar-refractivity contribution >= 4 is 0 Å². The van der Waals surface area contributed by atoms with E-state index in [-0.39, 0.29) is 71.5 Å². The third kappa shape index (κ3) is 27.0. The van der Waals surface area contributed by atoms with Crippen LogP contribution in [0.1, 0.15) is 0 Å². The van der Waals surface area contributed by atoms with Gasteiger partial charge < -0.3 is 16.4 Å². The van der Waals surface area contributed by atoms with Gasteiger partial charge in [0.1, 0.15) is 0 Å². The van der Waals surface area contributed by atoms with Gasteiger partial charge in [0.2, 0.25) is 0 Å². The van der Waals surface area contributed by atoms with Gasteiger partial charge in [0, 0.05) is 0 Å². The van der Waals surface area contributed by atoms with Crippen LogP contribution in [-0.4, -0.2) is 0 Å². The van der Waals surface area contributed by atoms with Crippen molar-refractivity contribution in [1.82, 2.24) is 0 Å². The molecule has 3 nitrogen and oxygen atoms in total. The van der Waals surface area contributed by atoms with Gasteiger partial charge in [0.15, 0.2) is 0 Å². The summed E-state index contributed by atoms with van der Waals surface area (Å²) in [5.41, 5.74) is 0. The van der Waals surface area contributed by atoms with Crippen LogP contribution in [0.15, 0.2) is 0 Å². The summed E-state index contributed by atoms with van der Waals surface area (Å²) in [5.74, 6) is 0. The molecule has 0 aliphatic heterocycles. The molecule has 0 aliphatic carbocycles. The predicted molar refractivity (Wildman–Crippen MR) is 2.06 cm³/mol. The van der Waals surface area contributed by atoms with Gasteiger partial charge in [0.05, 0.1) is 0 Å². The van der Waals surface area contributed by atoms with Crippen LogP contribution in [0.2, 0.25) is 0 Å². The average molecular weight is 288 g/mol. The molecule has 5 heteroatoms. The van der Waals surface area contributed by atoms with Gasteiger partial charge in [-0.15, -0.1) is 0 Å². The molecule has 0 N–H and O–H groups in total. The first-order chi connectivity index (χ1) is 0. The summed E-state index contributed by atoms with van der Waals surface area (Å²) in [6, 6.07) is 0. The SMILES string of the molecule is [La+3].[O-2].[O-2].[O-2].[Ru+3]. The Hall–Kier alpha value is 1.70. The van der Waals surface area contributed by atoms with Crippen molar-refractivity contribution in [3.8, 4) is 0 Å². The van der Waals surface area contributed by atoms with Gasteiger partial charge >= 0.3 is 55.1 Å². The van der Waals surface area contributed by atoms with E-state index in [0.29, 0.717) is 0 Å². The smallest absolute Gasteiger partial charge is 2.00 e. The summed E-state index contributed by atoms with van der Waals surface area (Å²) in [6.45, 7) is 0. The minimum absolute atomic E-state index is 0. The van der Waals surface area contributed by atoms with Crippen LogP contribution in [0.4, 0.5) is 0 Å². The molecule has 0 spiro atoms. The molecule has 0 aliphatic rings. The molecule has 0 aromatic carbocycles. The third-order valence-corrected chi connectivity index (χ3v) is 0. The fourth-order valence-corrected chi connectivity index (χ4v) is 0. The van der Waals surface area contributed by atoms with Crippen molar-refractivity contribution in [2.45, 2.75) is 0 Å². The summed E-state index contributed by atoms with van der Waals surface area (Å²) in [5, 5.41) is 0. The zero-order valence-electron chi connectivity index (χ0n) is 2.16. The van der Waals surface area contributed by atoms with Gasteiger partial charge in [-0.2, -0.15) is 0 Å². The molecule has 5 heavy (non-hydrogen) atoms. The maximum Gasteiger partial charge on any atom is 3.00 e. The van der Waals surface area contributed by atoms with E-state index in [2.05, 4.69) is 0 Å². The molecule has 0 heterocycles. The van der Waals surface area contributed by atoms with E-state index in [1.807, 2.05) is 0 Å². The average Bonchev–Trinajstić information content (AvgIpc) is 0. The second-order valence-electron chi connectivity index (χ2n) is 0. The van der Waals surface area contributed by atoms with Crippen molar-refractivity contribution < 1.29 is 71.5 Å². The summed E-state index contributed by atoms with van der Waals surface area (Å²) in [7, 11) is 0. The quantitative estimate of drug-likeness (QED) is 0.545. The summed E-state index contributed by atoms with van der Waals surface area (Å²) >= 11 is 0. The van der Waals surface area contributed by atoms with E-state index >= 15 is 0 Å². The Morgan fingerprint density at radius 3 is 0.600 bits per heavy atom. The van der Waals surface area contributed by atoms with Crippen molar-refractivity contribution in [3.05, 3.63) is 0 Å². The third-order valence-electron chi connectivity index (χ3n) is 0. The van der Waals surface area contributed by atoms with Crippen LogP contribution < -0.4 is 0 Å². The summed E-state index contributed by atoms with van der Waals surface area (Å²) in [6.07, 6.45) is 0. The zero-order valence-corrected chi connectivity index (χ0v) is 7.52. The standard InChI is InChI=1S/La.3O.Ru/q+3;3*-2;+3. The predicted octanol–water partition coefficient (Wildman–Crippen LogP) is -0.359. The van der Waals surface area contributed by atoms with Crippen LogP contribution in [0, 0.1) is 35.6 Å². The molecule has 0 amide bonds. The van der Waals surface area contributed by atoms with Gasteiger partial charge in [-0.3, -0.25) is 0 Å². The Labute approximate surface area is 70.8 Å². The first kappa shape index (κ1) is 75.4. The van der Waals surface area contributed by atoms with Crippen molar-refractivity contribution in [3.63, 3.8) is 0 Å². The molecule has 29 valence electrons. The Bertz CT molecular complexity index is 6.85. The van der Waals surface area contributed by atoms with Crippen molar-refractivity contribution in [2.75, 3.05) is 0 Å². The molecule has 0 bridgehead atoms. The largest absolute Gasteiger partial charge is 3.00 e. The molecule has 0 aromatic rings. The second-order valence-corrected chi connectivity index (χ2v) is 0. The van der Waals surface area contributed by atoms with E-state index < -0.39 is 0 Å².